The maximum Gasteiger partial charge on any atom is 0.306 e. The molecule has 0 spiro atoms. The summed E-state index contributed by atoms with van der Waals surface area (Å²) >= 11 is 6.41. The standard InChI is InChI=1S/C24H23ClFN3O2/c25-21-14-27-19(11-15-7-8-17(9-15)24(30)31)12-20(21)22-5-2-6-23(29-22)28-13-16-3-1-4-18(26)10-16/h1-6,10,12,14-15,17H,7-9,11,13H2,(H,28,29)(H,30,31)/t15-,17+/m0/s1. The zero-order chi connectivity index (χ0) is 21.8. The van der Waals surface area contributed by atoms with Gasteiger partial charge in [-0.15, -0.1) is 0 Å². The van der Waals surface area contributed by atoms with Crippen LogP contribution in [0.2, 0.25) is 5.02 Å². The Morgan fingerprint density at radius 2 is 2.03 bits per heavy atom. The fourth-order valence-corrected chi connectivity index (χ4v) is 4.29. The van der Waals surface area contributed by atoms with Gasteiger partial charge < -0.3 is 10.4 Å². The summed E-state index contributed by atoms with van der Waals surface area (Å²) in [7, 11) is 0. The van der Waals surface area contributed by atoms with Crippen LogP contribution in [-0.4, -0.2) is 21.0 Å². The lowest BCUT2D eigenvalue weighted by atomic mass is 9.98. The highest BCUT2D eigenvalue weighted by atomic mass is 35.5. The number of aromatic nitrogens is 2. The largest absolute Gasteiger partial charge is 0.481 e. The zero-order valence-corrected chi connectivity index (χ0v) is 17.6. The third-order valence-corrected chi connectivity index (χ3v) is 5.99. The van der Waals surface area contributed by atoms with Gasteiger partial charge in [-0.25, -0.2) is 9.37 Å². The normalized spacial score (nSPS) is 18.1. The van der Waals surface area contributed by atoms with Crippen molar-refractivity contribution in [3.8, 4) is 11.3 Å². The van der Waals surface area contributed by atoms with E-state index in [1.54, 1.807) is 12.3 Å². The van der Waals surface area contributed by atoms with E-state index in [4.69, 9.17) is 11.6 Å². The van der Waals surface area contributed by atoms with E-state index in [-0.39, 0.29) is 11.7 Å². The second-order valence-electron chi connectivity index (χ2n) is 7.97. The lowest BCUT2D eigenvalue weighted by Gasteiger charge is -2.12. The molecule has 0 bridgehead atoms. The summed E-state index contributed by atoms with van der Waals surface area (Å²) in [4.78, 5) is 20.3. The van der Waals surface area contributed by atoms with Crippen LogP contribution in [-0.2, 0) is 17.8 Å². The van der Waals surface area contributed by atoms with Crippen molar-refractivity contribution >= 4 is 23.4 Å². The molecule has 4 rings (SSSR count). The van der Waals surface area contributed by atoms with Gasteiger partial charge in [0.2, 0.25) is 0 Å². The molecule has 0 saturated heterocycles. The Morgan fingerprint density at radius 1 is 1.19 bits per heavy atom. The monoisotopic (exact) mass is 439 g/mol. The minimum atomic E-state index is -0.709. The number of nitrogens with zero attached hydrogens (tertiary/aromatic N) is 2. The number of nitrogens with one attached hydrogen (secondary N) is 1. The number of hydrogen-bond donors (Lipinski definition) is 2. The number of carboxylic acid groups (broad SMARTS) is 1. The van der Waals surface area contributed by atoms with E-state index in [9.17, 15) is 14.3 Å². The van der Waals surface area contributed by atoms with Gasteiger partial charge in [-0.1, -0.05) is 29.8 Å². The number of carboxylic acids is 1. The van der Waals surface area contributed by atoms with Gasteiger partial charge in [-0.05, 0) is 67.5 Å². The zero-order valence-electron chi connectivity index (χ0n) is 16.9. The van der Waals surface area contributed by atoms with Crippen molar-refractivity contribution in [1.82, 2.24) is 9.97 Å². The number of pyridine rings is 2. The summed E-state index contributed by atoms with van der Waals surface area (Å²) in [5.41, 5.74) is 3.21. The third-order valence-electron chi connectivity index (χ3n) is 5.69. The van der Waals surface area contributed by atoms with Crippen molar-refractivity contribution < 1.29 is 14.3 Å². The molecule has 0 radical (unpaired) electrons. The number of carbonyl (C=O) groups is 1. The topological polar surface area (TPSA) is 75.1 Å². The van der Waals surface area contributed by atoms with Gasteiger partial charge in [0.25, 0.3) is 0 Å². The van der Waals surface area contributed by atoms with Crippen LogP contribution in [0.15, 0.2) is 54.7 Å². The molecule has 0 aliphatic heterocycles. The Labute approximate surface area is 185 Å². The van der Waals surface area contributed by atoms with E-state index in [2.05, 4.69) is 15.3 Å². The van der Waals surface area contributed by atoms with Crippen molar-refractivity contribution in [1.29, 1.82) is 0 Å². The summed E-state index contributed by atoms with van der Waals surface area (Å²) < 4.78 is 13.4. The van der Waals surface area contributed by atoms with Crippen LogP contribution in [0.4, 0.5) is 10.2 Å². The Kier molecular flexibility index (Phi) is 6.47. The minimum Gasteiger partial charge on any atom is -0.481 e. The molecule has 2 aromatic heterocycles. The lowest BCUT2D eigenvalue weighted by molar-refractivity contribution is -0.141. The average molecular weight is 440 g/mol. The molecule has 2 N–H and O–H groups in total. The molecule has 1 fully saturated rings. The average Bonchev–Trinajstić information content (AvgIpc) is 3.23. The first-order valence-corrected chi connectivity index (χ1v) is 10.7. The summed E-state index contributed by atoms with van der Waals surface area (Å²) in [5, 5.41) is 12.9. The Bertz CT molecular complexity index is 1090. The highest BCUT2D eigenvalue weighted by molar-refractivity contribution is 6.33. The second-order valence-corrected chi connectivity index (χ2v) is 8.37. The molecule has 7 heteroatoms. The maximum atomic E-state index is 13.4. The fraction of sp³-hybridized carbons (Fsp3) is 0.292. The number of anilines is 1. The van der Waals surface area contributed by atoms with Crippen molar-refractivity contribution in [2.75, 3.05) is 5.32 Å². The first kappa shape index (κ1) is 21.2. The Balaban J connectivity index is 1.48. The first-order chi connectivity index (χ1) is 15.0. The summed E-state index contributed by atoms with van der Waals surface area (Å²) in [5.74, 6) is -0.251. The van der Waals surface area contributed by atoms with Gasteiger partial charge in [0.05, 0.1) is 16.6 Å². The van der Waals surface area contributed by atoms with Gasteiger partial charge in [-0.3, -0.25) is 9.78 Å². The van der Waals surface area contributed by atoms with Crippen LogP contribution < -0.4 is 5.32 Å². The molecular weight excluding hydrogens is 417 g/mol. The van der Waals surface area contributed by atoms with Crippen molar-refractivity contribution in [2.24, 2.45) is 11.8 Å². The number of benzene rings is 1. The highest BCUT2D eigenvalue weighted by Crippen LogP contribution is 2.34. The number of hydrogen-bond acceptors (Lipinski definition) is 4. The van der Waals surface area contributed by atoms with Crippen LogP contribution in [0.1, 0.15) is 30.5 Å². The molecule has 31 heavy (non-hydrogen) atoms. The van der Waals surface area contributed by atoms with Crippen LogP contribution >= 0.6 is 11.6 Å². The molecule has 0 unspecified atom stereocenters. The van der Waals surface area contributed by atoms with Crippen molar-refractivity contribution in [3.63, 3.8) is 0 Å². The van der Waals surface area contributed by atoms with Crippen molar-refractivity contribution in [3.05, 3.63) is 76.8 Å². The SMILES string of the molecule is O=C(O)[C@@H]1CC[C@H](Cc2cc(-c3cccc(NCc4cccc(F)c4)n3)c(Cl)cn2)C1. The minimum absolute atomic E-state index is 0.251. The van der Waals surface area contributed by atoms with Gasteiger partial charge in [0.1, 0.15) is 11.6 Å². The van der Waals surface area contributed by atoms with Crippen LogP contribution in [0.3, 0.4) is 0 Å². The fourth-order valence-electron chi connectivity index (χ4n) is 4.09. The molecule has 1 aromatic carbocycles. The predicted molar refractivity (Wildman–Crippen MR) is 118 cm³/mol. The lowest BCUT2D eigenvalue weighted by Crippen LogP contribution is -2.10. The molecule has 1 aliphatic carbocycles. The van der Waals surface area contributed by atoms with Gasteiger partial charge >= 0.3 is 5.97 Å². The van der Waals surface area contributed by atoms with Gasteiger partial charge in [0.15, 0.2) is 0 Å². The molecular formula is C24H23ClFN3O2. The van der Waals surface area contributed by atoms with Crippen LogP contribution in [0.25, 0.3) is 11.3 Å². The smallest absolute Gasteiger partial charge is 0.306 e. The number of aliphatic carboxylic acids is 1. The van der Waals surface area contributed by atoms with E-state index >= 15 is 0 Å². The van der Waals surface area contributed by atoms with Gasteiger partial charge in [0, 0.05) is 24.0 Å². The van der Waals surface area contributed by atoms with E-state index in [1.807, 2.05) is 30.3 Å². The summed E-state index contributed by atoms with van der Waals surface area (Å²) in [6.07, 6.45) is 4.66. The van der Waals surface area contributed by atoms with Crippen LogP contribution in [0.5, 0.6) is 0 Å². The second kappa shape index (κ2) is 9.43. The first-order valence-electron chi connectivity index (χ1n) is 10.3. The highest BCUT2D eigenvalue weighted by Gasteiger charge is 2.30. The Morgan fingerprint density at radius 3 is 2.81 bits per heavy atom. The van der Waals surface area contributed by atoms with Crippen molar-refractivity contribution in [2.45, 2.75) is 32.2 Å². The number of rotatable bonds is 7. The molecule has 2 heterocycles. The molecule has 1 aliphatic rings. The van der Waals surface area contributed by atoms with E-state index in [0.29, 0.717) is 35.4 Å². The van der Waals surface area contributed by atoms with E-state index < -0.39 is 5.97 Å². The summed E-state index contributed by atoms with van der Waals surface area (Å²) in [6, 6.07) is 14.0. The van der Waals surface area contributed by atoms with E-state index in [0.717, 1.165) is 36.1 Å². The third kappa shape index (κ3) is 5.39. The molecule has 0 amide bonds. The maximum absolute atomic E-state index is 13.4. The van der Waals surface area contributed by atoms with Gasteiger partial charge in [-0.2, -0.15) is 0 Å². The Hall–Kier alpha value is -2.99. The quantitative estimate of drug-likeness (QED) is 0.501. The number of halogens is 2. The summed E-state index contributed by atoms with van der Waals surface area (Å²) in [6.45, 7) is 0.454. The predicted octanol–water partition coefficient (Wildman–Crippen LogP) is 5.59. The molecule has 5 nitrogen and oxygen atoms in total. The molecule has 160 valence electrons. The van der Waals surface area contributed by atoms with Crippen LogP contribution in [0, 0.1) is 17.7 Å². The van der Waals surface area contributed by atoms with E-state index in [1.165, 1.54) is 12.1 Å². The molecule has 1 saturated carbocycles. The molecule has 3 aromatic rings. The molecule has 2 atom stereocenters.